The number of hydrogen-bond donors (Lipinski definition) is 0. The summed E-state index contributed by atoms with van der Waals surface area (Å²) in [7, 11) is 2.25. The Bertz CT molecular complexity index is 139. The second-order valence-electron chi connectivity index (χ2n) is 5.22. The Morgan fingerprint density at radius 3 is 2.08 bits per heavy atom. The Morgan fingerprint density at radius 2 is 1.54 bits per heavy atom. The predicted molar refractivity (Wildman–Crippen MR) is 55.6 cm³/mol. The van der Waals surface area contributed by atoms with E-state index in [-0.39, 0.29) is 0 Å². The highest BCUT2D eigenvalue weighted by Gasteiger charge is 2.34. The maximum absolute atomic E-state index is 2.47. The molecule has 0 saturated carbocycles. The molecule has 1 spiro atoms. The number of piperidine rings is 1. The van der Waals surface area contributed by atoms with E-state index in [1.165, 1.54) is 56.6 Å². The highest BCUT2D eigenvalue weighted by Crippen LogP contribution is 2.24. The minimum Gasteiger partial charge on any atom is -0.321 e. The van der Waals surface area contributed by atoms with Crippen LogP contribution >= 0.6 is 0 Å². The number of nitrogens with zero attached hydrogens (tertiary/aromatic N) is 2. The zero-order valence-corrected chi connectivity index (χ0v) is 9.13. The van der Waals surface area contributed by atoms with Gasteiger partial charge >= 0.3 is 0 Å². The number of piperazine rings is 1. The molecule has 2 aliphatic rings. The first-order chi connectivity index (χ1) is 6.20. The maximum Gasteiger partial charge on any atom is 0.0916 e. The van der Waals surface area contributed by atoms with E-state index in [0.717, 1.165) is 5.92 Å². The molecule has 0 atom stereocenters. The number of hydrogen-bond acceptors (Lipinski definition) is 1. The van der Waals surface area contributed by atoms with E-state index in [9.17, 15) is 0 Å². The fourth-order valence-electron chi connectivity index (χ4n) is 2.68. The van der Waals surface area contributed by atoms with Crippen LogP contribution in [-0.4, -0.2) is 55.7 Å². The van der Waals surface area contributed by atoms with Gasteiger partial charge in [0.1, 0.15) is 0 Å². The monoisotopic (exact) mass is 183 g/mol. The normalized spacial score (nSPS) is 30.9. The molecule has 2 heterocycles. The summed E-state index contributed by atoms with van der Waals surface area (Å²) in [5, 5.41) is 0. The number of rotatable bonds is 0. The minimum atomic E-state index is 0.989. The molecule has 0 amide bonds. The van der Waals surface area contributed by atoms with Crippen LogP contribution in [-0.2, 0) is 0 Å². The van der Waals surface area contributed by atoms with Gasteiger partial charge in [-0.2, -0.15) is 0 Å². The van der Waals surface area contributed by atoms with Crippen LogP contribution in [0.15, 0.2) is 0 Å². The molecule has 2 nitrogen and oxygen atoms in total. The molecule has 13 heavy (non-hydrogen) atoms. The molecule has 0 aromatic carbocycles. The summed E-state index contributed by atoms with van der Waals surface area (Å²) in [6.07, 6.45) is 2.92. The molecule has 2 heteroatoms. The van der Waals surface area contributed by atoms with Gasteiger partial charge < -0.3 is 4.48 Å². The van der Waals surface area contributed by atoms with Crippen LogP contribution in [0.25, 0.3) is 0 Å². The first-order valence-electron chi connectivity index (χ1n) is 5.74. The summed E-state index contributed by atoms with van der Waals surface area (Å²) < 4.78 is 1.44. The molecule has 0 aromatic rings. The molecular weight excluding hydrogens is 160 g/mol. The standard InChI is InChI=1S/C11H23N2/c1-11-3-7-13(8-4-11)9-5-12(2)6-10-13/h11H,3-10H2,1-2H3/q+1. The van der Waals surface area contributed by atoms with E-state index in [1.807, 2.05) is 0 Å². The van der Waals surface area contributed by atoms with Gasteiger partial charge in [-0.05, 0) is 25.8 Å². The molecule has 2 fully saturated rings. The van der Waals surface area contributed by atoms with Crippen molar-refractivity contribution in [1.82, 2.24) is 4.90 Å². The molecule has 2 rings (SSSR count). The van der Waals surface area contributed by atoms with Gasteiger partial charge in [-0.3, -0.25) is 4.90 Å². The predicted octanol–water partition coefficient (Wildman–Crippen LogP) is 1.18. The van der Waals surface area contributed by atoms with Crippen molar-refractivity contribution in [3.63, 3.8) is 0 Å². The lowest BCUT2D eigenvalue weighted by Gasteiger charge is -2.47. The van der Waals surface area contributed by atoms with Crippen molar-refractivity contribution < 1.29 is 4.48 Å². The first kappa shape index (κ1) is 9.47. The Morgan fingerprint density at radius 1 is 1.00 bits per heavy atom. The SMILES string of the molecule is CC1CC[N+]2(CC1)CCN(C)CC2. The largest absolute Gasteiger partial charge is 0.321 e. The molecule has 76 valence electrons. The van der Waals surface area contributed by atoms with Gasteiger partial charge in [0, 0.05) is 13.1 Å². The second kappa shape index (κ2) is 3.58. The van der Waals surface area contributed by atoms with Crippen LogP contribution in [0.5, 0.6) is 0 Å². The molecule has 2 aliphatic heterocycles. The van der Waals surface area contributed by atoms with Crippen molar-refractivity contribution in [2.75, 3.05) is 46.3 Å². The third kappa shape index (κ3) is 2.05. The van der Waals surface area contributed by atoms with Crippen molar-refractivity contribution in [3.8, 4) is 0 Å². The number of likely N-dealkylation sites (N-methyl/N-ethyl adjacent to an activating group) is 1. The minimum absolute atomic E-state index is 0.989. The highest BCUT2D eigenvalue weighted by atomic mass is 15.4. The summed E-state index contributed by atoms with van der Waals surface area (Å²) in [5.74, 6) is 0.989. The van der Waals surface area contributed by atoms with E-state index in [2.05, 4.69) is 18.9 Å². The van der Waals surface area contributed by atoms with E-state index in [0.29, 0.717) is 0 Å². The van der Waals surface area contributed by atoms with Crippen LogP contribution in [0.3, 0.4) is 0 Å². The molecule has 0 radical (unpaired) electrons. The average molecular weight is 183 g/mol. The molecule has 0 N–H and O–H groups in total. The third-order valence-electron chi connectivity index (χ3n) is 4.10. The lowest BCUT2D eigenvalue weighted by molar-refractivity contribution is -0.937. The first-order valence-corrected chi connectivity index (χ1v) is 5.74. The van der Waals surface area contributed by atoms with Crippen molar-refractivity contribution in [2.24, 2.45) is 5.92 Å². The summed E-state index contributed by atoms with van der Waals surface area (Å²) in [5.41, 5.74) is 0. The summed E-state index contributed by atoms with van der Waals surface area (Å²) in [6.45, 7) is 10.8. The highest BCUT2D eigenvalue weighted by molar-refractivity contribution is 4.66. The van der Waals surface area contributed by atoms with Gasteiger partial charge in [-0.25, -0.2) is 0 Å². The maximum atomic E-state index is 2.47. The van der Waals surface area contributed by atoms with Crippen LogP contribution in [0.1, 0.15) is 19.8 Å². The second-order valence-corrected chi connectivity index (χ2v) is 5.22. The van der Waals surface area contributed by atoms with Crippen LogP contribution in [0.2, 0.25) is 0 Å². The average Bonchev–Trinajstić information content (AvgIpc) is 2.16. The lowest BCUT2D eigenvalue weighted by atomic mass is 9.96. The van der Waals surface area contributed by atoms with Crippen LogP contribution in [0.4, 0.5) is 0 Å². The molecule has 0 aromatic heterocycles. The van der Waals surface area contributed by atoms with Crippen molar-refractivity contribution in [1.29, 1.82) is 0 Å². The van der Waals surface area contributed by atoms with Gasteiger partial charge in [-0.15, -0.1) is 0 Å². The quantitative estimate of drug-likeness (QED) is 0.510. The van der Waals surface area contributed by atoms with Gasteiger partial charge in [0.25, 0.3) is 0 Å². The van der Waals surface area contributed by atoms with E-state index in [4.69, 9.17) is 0 Å². The zero-order chi connectivity index (χ0) is 9.31. The van der Waals surface area contributed by atoms with Gasteiger partial charge in [0.2, 0.25) is 0 Å². The fourth-order valence-corrected chi connectivity index (χ4v) is 2.68. The molecule has 0 aliphatic carbocycles. The number of quaternary nitrogens is 1. The Kier molecular flexibility index (Phi) is 2.61. The zero-order valence-electron chi connectivity index (χ0n) is 9.13. The Labute approximate surface area is 82.1 Å². The van der Waals surface area contributed by atoms with Gasteiger partial charge in [-0.1, -0.05) is 6.92 Å². The summed E-state index contributed by atoms with van der Waals surface area (Å²) >= 11 is 0. The van der Waals surface area contributed by atoms with E-state index < -0.39 is 0 Å². The van der Waals surface area contributed by atoms with Crippen molar-refractivity contribution in [2.45, 2.75) is 19.8 Å². The molecule has 2 saturated heterocycles. The molecular formula is C11H23N2+. The molecule has 0 unspecified atom stereocenters. The Hall–Kier alpha value is -0.0800. The van der Waals surface area contributed by atoms with Crippen molar-refractivity contribution >= 4 is 0 Å². The van der Waals surface area contributed by atoms with Gasteiger partial charge in [0.15, 0.2) is 0 Å². The fraction of sp³-hybridized carbons (Fsp3) is 1.00. The van der Waals surface area contributed by atoms with Crippen LogP contribution in [0, 0.1) is 5.92 Å². The summed E-state index contributed by atoms with van der Waals surface area (Å²) in [4.78, 5) is 2.47. The van der Waals surface area contributed by atoms with Gasteiger partial charge in [0.05, 0.1) is 26.2 Å². The smallest absolute Gasteiger partial charge is 0.0916 e. The van der Waals surface area contributed by atoms with E-state index in [1.54, 1.807) is 0 Å². The topological polar surface area (TPSA) is 3.24 Å². The third-order valence-corrected chi connectivity index (χ3v) is 4.10. The summed E-state index contributed by atoms with van der Waals surface area (Å²) in [6, 6.07) is 0. The van der Waals surface area contributed by atoms with E-state index >= 15 is 0 Å². The Balaban J connectivity index is 1.90. The van der Waals surface area contributed by atoms with Crippen molar-refractivity contribution in [3.05, 3.63) is 0 Å². The molecule has 0 bridgehead atoms. The van der Waals surface area contributed by atoms with Crippen LogP contribution < -0.4 is 0 Å². The lowest BCUT2D eigenvalue weighted by Crippen LogP contribution is -2.61.